The number of rotatable bonds is 9. The number of halogens is 6. The molecule has 1 aliphatic rings. The monoisotopic (exact) mass is 479 g/mol. The summed E-state index contributed by atoms with van der Waals surface area (Å²) in [5.41, 5.74) is -2.94. The van der Waals surface area contributed by atoms with Gasteiger partial charge in [-0.3, -0.25) is 4.79 Å². The van der Waals surface area contributed by atoms with E-state index in [4.69, 9.17) is 0 Å². The van der Waals surface area contributed by atoms with Crippen molar-refractivity contribution in [3.8, 4) is 0 Å². The molecule has 1 fully saturated rings. The summed E-state index contributed by atoms with van der Waals surface area (Å²) in [4.78, 5) is 11.9. The maximum absolute atomic E-state index is 13.1. The first-order chi connectivity index (χ1) is 15.3. The summed E-state index contributed by atoms with van der Waals surface area (Å²) in [5, 5.41) is 9.04. The summed E-state index contributed by atoms with van der Waals surface area (Å²) in [5.74, 6) is 0.158. The van der Waals surface area contributed by atoms with Crippen molar-refractivity contribution in [2.45, 2.75) is 70.4 Å². The molecule has 0 aliphatic heterocycles. The smallest absolute Gasteiger partial charge is 0.385 e. The van der Waals surface area contributed by atoms with Crippen molar-refractivity contribution < 1.29 is 31.1 Å². The first-order valence-corrected chi connectivity index (χ1v) is 11.0. The molecule has 0 aromatic heterocycles. The van der Waals surface area contributed by atoms with Gasteiger partial charge in [0.1, 0.15) is 0 Å². The van der Waals surface area contributed by atoms with Crippen molar-refractivity contribution in [2.24, 2.45) is 5.92 Å². The van der Waals surface area contributed by atoms with Crippen molar-refractivity contribution in [1.29, 1.82) is 0 Å². The van der Waals surface area contributed by atoms with Crippen LogP contribution < -0.4 is 16.0 Å². The van der Waals surface area contributed by atoms with Crippen LogP contribution in [-0.4, -0.2) is 31.1 Å². The van der Waals surface area contributed by atoms with Gasteiger partial charge < -0.3 is 16.0 Å². The van der Waals surface area contributed by atoms with Crippen LogP contribution in [0.15, 0.2) is 24.8 Å². The second-order valence-corrected chi connectivity index (χ2v) is 8.63. The Labute approximate surface area is 190 Å². The Morgan fingerprint density at radius 2 is 1.58 bits per heavy atom. The van der Waals surface area contributed by atoms with E-state index in [1.54, 1.807) is 0 Å². The lowest BCUT2D eigenvalue weighted by molar-refractivity contribution is -0.143. The number of amides is 1. The van der Waals surface area contributed by atoms with Crippen molar-refractivity contribution >= 4 is 11.6 Å². The molecular weight excluding hydrogens is 448 g/mol. The van der Waals surface area contributed by atoms with Crippen LogP contribution in [0.1, 0.15) is 62.6 Å². The first-order valence-electron chi connectivity index (χ1n) is 11.0. The van der Waals surface area contributed by atoms with Gasteiger partial charge in [0.25, 0.3) is 0 Å². The van der Waals surface area contributed by atoms with E-state index >= 15 is 0 Å². The Morgan fingerprint density at radius 1 is 1.03 bits per heavy atom. The van der Waals surface area contributed by atoms with Crippen molar-refractivity contribution in [3.63, 3.8) is 0 Å². The summed E-state index contributed by atoms with van der Waals surface area (Å²) >= 11 is 0. The van der Waals surface area contributed by atoms with Crippen molar-refractivity contribution in [3.05, 3.63) is 41.5 Å². The van der Waals surface area contributed by atoms with Gasteiger partial charge in [-0.15, -0.1) is 0 Å². The lowest BCUT2D eigenvalue weighted by Crippen LogP contribution is -2.43. The zero-order chi connectivity index (χ0) is 24.8. The minimum absolute atomic E-state index is 0.0218. The number of carbonyl (C=O) groups is 1. The summed E-state index contributed by atoms with van der Waals surface area (Å²) < 4.78 is 78.3. The molecule has 1 aromatic carbocycles. The zero-order valence-electron chi connectivity index (χ0n) is 18.8. The average Bonchev–Trinajstić information content (AvgIpc) is 2.75. The molecule has 186 valence electrons. The third-order valence-electron chi connectivity index (χ3n) is 5.96. The van der Waals surface area contributed by atoms with Crippen LogP contribution in [0.3, 0.4) is 0 Å². The second-order valence-electron chi connectivity index (χ2n) is 8.63. The van der Waals surface area contributed by atoms with Crippen LogP contribution in [0.2, 0.25) is 0 Å². The average molecular weight is 480 g/mol. The minimum atomic E-state index is -4.90. The normalized spacial score (nSPS) is 20.2. The molecule has 0 saturated heterocycles. The van der Waals surface area contributed by atoms with Gasteiger partial charge in [0, 0.05) is 24.3 Å². The van der Waals surface area contributed by atoms with E-state index in [0.29, 0.717) is 18.7 Å². The maximum atomic E-state index is 13.1. The molecule has 1 atom stereocenters. The highest BCUT2D eigenvalue weighted by Crippen LogP contribution is 2.37. The van der Waals surface area contributed by atoms with Gasteiger partial charge in [0.2, 0.25) is 5.91 Å². The van der Waals surface area contributed by atoms with E-state index in [9.17, 15) is 31.1 Å². The predicted octanol–water partition coefficient (Wildman–Crippen LogP) is 5.35. The van der Waals surface area contributed by atoms with Crippen LogP contribution in [0.4, 0.5) is 26.3 Å². The molecule has 0 bridgehead atoms. The lowest BCUT2D eigenvalue weighted by Gasteiger charge is -2.30. The Balaban J connectivity index is 1.86. The third kappa shape index (κ3) is 8.57. The fourth-order valence-corrected chi connectivity index (χ4v) is 3.73. The number of carbonyl (C=O) groups excluding carboxylic acids is 1. The third-order valence-corrected chi connectivity index (χ3v) is 5.96. The van der Waals surface area contributed by atoms with E-state index in [2.05, 4.69) is 22.5 Å². The number of hydrogen-bond acceptors (Lipinski definition) is 3. The fraction of sp³-hybridized carbons (Fsp3) is 0.609. The fourth-order valence-electron chi connectivity index (χ4n) is 3.73. The molecule has 4 nitrogen and oxygen atoms in total. The molecule has 1 unspecified atom stereocenters. The molecule has 2 rings (SSSR count). The quantitative estimate of drug-likeness (QED) is 0.419. The van der Waals surface area contributed by atoms with Gasteiger partial charge >= 0.3 is 12.4 Å². The van der Waals surface area contributed by atoms with Crippen molar-refractivity contribution in [2.75, 3.05) is 13.1 Å². The Hall–Kier alpha value is -2.23. The summed E-state index contributed by atoms with van der Waals surface area (Å²) in [6, 6.07) is 1.78. The number of hydrogen-bond donors (Lipinski definition) is 3. The Kier molecular flexibility index (Phi) is 9.22. The van der Waals surface area contributed by atoms with Gasteiger partial charge in [-0.2, -0.15) is 26.3 Å². The largest absolute Gasteiger partial charge is 0.416 e. The molecule has 1 aromatic rings. The molecule has 0 radical (unpaired) electrons. The van der Waals surface area contributed by atoms with E-state index in [-0.39, 0.29) is 47.8 Å². The predicted molar refractivity (Wildman–Crippen MR) is 115 cm³/mol. The van der Waals surface area contributed by atoms with Gasteiger partial charge in [-0.1, -0.05) is 13.5 Å². The Bertz CT molecular complexity index is 781. The highest BCUT2D eigenvalue weighted by Gasteiger charge is 2.37. The zero-order valence-corrected chi connectivity index (χ0v) is 18.8. The number of alkyl halides is 6. The van der Waals surface area contributed by atoms with E-state index in [1.807, 2.05) is 13.8 Å². The van der Waals surface area contributed by atoms with Crippen LogP contribution >= 0.6 is 0 Å². The summed E-state index contributed by atoms with van der Waals surface area (Å²) in [6.45, 7) is 8.22. The highest BCUT2D eigenvalue weighted by atomic mass is 19.4. The SMILES string of the molecule is C=C(NC[C@H]1CC[C@@H](NCC(=O)NC(C)CC)CC1)c1cc(C(F)(F)F)cc(C(F)(F)F)c1. The highest BCUT2D eigenvalue weighted by molar-refractivity contribution is 5.78. The van der Waals surface area contributed by atoms with Crippen LogP contribution in [0.5, 0.6) is 0 Å². The standard InChI is InChI=1S/C23H31F6N3O/c1-4-14(2)32-21(33)13-31-20-7-5-16(6-8-20)12-30-15(3)17-9-18(22(24,25)26)11-19(10-17)23(27,28)29/h9-11,14,16,20,30-31H,3-8,12-13H2,1-2H3,(H,32,33)/t14?,16-,20+. The van der Waals surface area contributed by atoms with Gasteiger partial charge in [0.05, 0.1) is 17.7 Å². The Morgan fingerprint density at radius 3 is 2.06 bits per heavy atom. The topological polar surface area (TPSA) is 53.2 Å². The summed E-state index contributed by atoms with van der Waals surface area (Å²) in [6.07, 6.45) is -5.63. The van der Waals surface area contributed by atoms with Gasteiger partial charge in [-0.25, -0.2) is 0 Å². The van der Waals surface area contributed by atoms with E-state index < -0.39 is 23.5 Å². The van der Waals surface area contributed by atoms with E-state index in [1.165, 1.54) is 0 Å². The van der Waals surface area contributed by atoms with Crippen LogP contribution in [-0.2, 0) is 17.1 Å². The molecule has 0 spiro atoms. The van der Waals surface area contributed by atoms with E-state index in [0.717, 1.165) is 32.1 Å². The molecule has 33 heavy (non-hydrogen) atoms. The number of nitrogens with one attached hydrogen (secondary N) is 3. The minimum Gasteiger partial charge on any atom is -0.385 e. The van der Waals surface area contributed by atoms with Gasteiger partial charge in [-0.05, 0) is 68.7 Å². The van der Waals surface area contributed by atoms with Crippen molar-refractivity contribution in [1.82, 2.24) is 16.0 Å². The van der Waals surface area contributed by atoms with Crippen LogP contribution in [0, 0.1) is 5.92 Å². The molecule has 1 aliphatic carbocycles. The molecule has 1 amide bonds. The molecule has 3 N–H and O–H groups in total. The second kappa shape index (κ2) is 11.3. The molecule has 1 saturated carbocycles. The van der Waals surface area contributed by atoms with Crippen LogP contribution in [0.25, 0.3) is 5.70 Å². The maximum Gasteiger partial charge on any atom is 0.416 e. The molecule has 10 heteroatoms. The molecular formula is C23H31F6N3O. The number of benzene rings is 1. The molecule has 0 heterocycles. The van der Waals surface area contributed by atoms with Gasteiger partial charge in [0.15, 0.2) is 0 Å². The lowest BCUT2D eigenvalue weighted by atomic mass is 9.86. The summed E-state index contributed by atoms with van der Waals surface area (Å²) in [7, 11) is 0. The first kappa shape index (κ1) is 27.0.